The predicted molar refractivity (Wildman–Crippen MR) is 264 cm³/mol. The van der Waals surface area contributed by atoms with E-state index in [1.54, 1.807) is 65.0 Å². The van der Waals surface area contributed by atoms with Crippen molar-refractivity contribution in [1.29, 1.82) is 0 Å². The molecule has 0 saturated carbocycles. The normalized spacial score (nSPS) is 15.7. The van der Waals surface area contributed by atoms with Crippen molar-refractivity contribution >= 4 is 53.2 Å². The highest BCUT2D eigenvalue weighted by molar-refractivity contribution is 5.98. The summed E-state index contributed by atoms with van der Waals surface area (Å²) in [5, 5.41) is 30.6. The Labute approximate surface area is 412 Å². The van der Waals surface area contributed by atoms with Crippen LogP contribution in [0.4, 0.5) is 0 Å². The van der Waals surface area contributed by atoms with Crippen LogP contribution in [-0.2, 0) is 49.6 Å². The Balaban J connectivity index is 3.45. The minimum atomic E-state index is -1.39. The SMILES string of the molecule is CC[C@H](C)C(NC(=O)[C@@H](N)CCN)C(=O)N[C@@H](CCN)C(=O)N[C@H](Cc1ccccc1)C(=O)N[C@@H](CC(C)C)C(=O)N[C@@H](CCN)C(=O)NC(C(=O)N[C@@H](CC(C)C)C(=O)N[C@@H](CO)C(N)=O)C(C)C. The topological polar surface area (TPSA) is 400 Å². The molecule has 0 bridgehead atoms. The summed E-state index contributed by atoms with van der Waals surface area (Å²) >= 11 is 0. The molecular weight excluding hydrogens is 907 g/mol. The average Bonchev–Trinajstić information content (AvgIpc) is 3.29. The van der Waals surface area contributed by atoms with Crippen LogP contribution in [0.1, 0.15) is 99.5 Å². The molecule has 0 saturated heterocycles. The maximum atomic E-state index is 14.3. The van der Waals surface area contributed by atoms with Gasteiger partial charge in [-0.3, -0.25) is 43.2 Å². The van der Waals surface area contributed by atoms with Crippen LogP contribution in [0.15, 0.2) is 30.3 Å². The number of carbonyl (C=O) groups is 9. The van der Waals surface area contributed by atoms with E-state index >= 15 is 0 Å². The van der Waals surface area contributed by atoms with Crippen LogP contribution in [0.5, 0.6) is 0 Å². The number of hydrogen-bond donors (Lipinski definition) is 14. The van der Waals surface area contributed by atoms with E-state index < -0.39 is 120 Å². The monoisotopic (exact) mass is 990 g/mol. The summed E-state index contributed by atoms with van der Waals surface area (Å²) in [5.41, 5.74) is 29.2. The maximum Gasteiger partial charge on any atom is 0.243 e. The van der Waals surface area contributed by atoms with E-state index in [-0.39, 0.29) is 75.9 Å². The molecule has 70 heavy (non-hydrogen) atoms. The van der Waals surface area contributed by atoms with Crippen LogP contribution in [-0.4, -0.2) is 139 Å². The van der Waals surface area contributed by atoms with Crippen LogP contribution in [0.3, 0.4) is 0 Å². The second kappa shape index (κ2) is 32.2. The van der Waals surface area contributed by atoms with Gasteiger partial charge in [-0.15, -0.1) is 0 Å². The second-order valence-corrected chi connectivity index (χ2v) is 18.8. The number of primary amides is 1. The van der Waals surface area contributed by atoms with Crippen molar-refractivity contribution < 1.29 is 48.3 Å². The number of nitrogens with two attached hydrogens (primary N) is 5. The number of amides is 9. The Morgan fingerprint density at radius 1 is 0.500 bits per heavy atom. The van der Waals surface area contributed by atoms with Crippen molar-refractivity contribution in [2.75, 3.05) is 26.2 Å². The number of aliphatic hydroxyl groups is 1. The second-order valence-electron chi connectivity index (χ2n) is 18.8. The van der Waals surface area contributed by atoms with E-state index in [1.807, 2.05) is 20.8 Å². The fourth-order valence-corrected chi connectivity index (χ4v) is 7.22. The molecule has 396 valence electrons. The molecule has 23 nitrogen and oxygen atoms in total. The Kier molecular flexibility index (Phi) is 28.6. The van der Waals surface area contributed by atoms with Gasteiger partial charge in [-0.25, -0.2) is 0 Å². The third-order valence-electron chi connectivity index (χ3n) is 11.5. The lowest BCUT2D eigenvalue weighted by atomic mass is 9.97. The molecule has 0 aromatic heterocycles. The highest BCUT2D eigenvalue weighted by Gasteiger charge is 2.36. The first-order chi connectivity index (χ1) is 32.9. The zero-order valence-corrected chi connectivity index (χ0v) is 42.2. The summed E-state index contributed by atoms with van der Waals surface area (Å²) in [6, 6.07) is -2.14. The molecule has 0 fully saturated rings. The molecule has 0 aliphatic carbocycles. The molecule has 1 aromatic rings. The van der Waals surface area contributed by atoms with Gasteiger partial charge in [0.05, 0.1) is 12.6 Å². The minimum absolute atomic E-state index is 0.0353. The van der Waals surface area contributed by atoms with Gasteiger partial charge in [-0.05, 0) is 81.0 Å². The smallest absolute Gasteiger partial charge is 0.243 e. The standard InChI is InChI=1S/C47H83N13O10/c1-9-28(8)38(60-40(63)30(51)15-18-48)47(70)54-31(16-19-49)41(64)56-35(23-29-13-11-10-12-14-29)45(68)55-33(21-25(2)3)43(66)53-32(17-20-50)42(65)59-37(27(6)7)46(69)57-34(22-26(4)5)44(67)58-36(24-61)39(52)62/h10-14,25-28,30-38,61H,9,15-24,48-51H2,1-8H3,(H2,52,62)(H,53,66)(H,54,70)(H,55,68)(H,56,64)(H,57,69)(H,58,67)(H,59,65)(H,60,63)/t28-,30-,31-,32-,33-,34-,35+,36-,37?,38?/m0/s1. The summed E-state index contributed by atoms with van der Waals surface area (Å²) in [5.74, 6) is -7.98. The van der Waals surface area contributed by atoms with Crippen molar-refractivity contribution in [2.24, 2.45) is 52.3 Å². The molecule has 0 radical (unpaired) electrons. The summed E-state index contributed by atoms with van der Waals surface area (Å²) in [4.78, 5) is 122. The largest absolute Gasteiger partial charge is 0.394 e. The number of aliphatic hydroxyl groups excluding tert-OH is 1. The molecular formula is C47H83N13O10. The van der Waals surface area contributed by atoms with E-state index in [0.29, 0.717) is 12.0 Å². The van der Waals surface area contributed by atoms with E-state index in [0.717, 1.165) is 0 Å². The van der Waals surface area contributed by atoms with Gasteiger partial charge < -0.3 is 76.3 Å². The third-order valence-corrected chi connectivity index (χ3v) is 11.5. The summed E-state index contributed by atoms with van der Waals surface area (Å²) in [7, 11) is 0. The minimum Gasteiger partial charge on any atom is -0.394 e. The van der Waals surface area contributed by atoms with Gasteiger partial charge in [0.2, 0.25) is 53.2 Å². The van der Waals surface area contributed by atoms with Gasteiger partial charge in [-0.2, -0.15) is 0 Å². The molecule has 1 aromatic carbocycles. The van der Waals surface area contributed by atoms with Crippen LogP contribution < -0.4 is 71.2 Å². The molecule has 23 heteroatoms. The fraction of sp³-hybridized carbons (Fsp3) is 0.681. The first-order valence-corrected chi connectivity index (χ1v) is 24.2. The first kappa shape index (κ1) is 62.3. The van der Waals surface area contributed by atoms with Crippen molar-refractivity contribution in [2.45, 2.75) is 155 Å². The molecule has 0 heterocycles. The lowest BCUT2D eigenvalue weighted by Gasteiger charge is -2.30. The van der Waals surface area contributed by atoms with Gasteiger partial charge in [0, 0.05) is 6.42 Å². The van der Waals surface area contributed by atoms with Gasteiger partial charge >= 0.3 is 0 Å². The molecule has 0 spiro atoms. The van der Waals surface area contributed by atoms with Crippen molar-refractivity contribution in [3.05, 3.63) is 35.9 Å². The molecule has 0 aliphatic rings. The van der Waals surface area contributed by atoms with Crippen LogP contribution >= 0.6 is 0 Å². The summed E-state index contributed by atoms with van der Waals surface area (Å²) in [6.07, 6.45) is 0.748. The van der Waals surface area contributed by atoms with Gasteiger partial charge in [0.15, 0.2) is 0 Å². The molecule has 19 N–H and O–H groups in total. The molecule has 0 aliphatic heterocycles. The number of rotatable bonds is 33. The van der Waals surface area contributed by atoms with Crippen LogP contribution in [0.2, 0.25) is 0 Å². The van der Waals surface area contributed by atoms with E-state index in [2.05, 4.69) is 42.5 Å². The van der Waals surface area contributed by atoms with Crippen LogP contribution in [0.25, 0.3) is 0 Å². The summed E-state index contributed by atoms with van der Waals surface area (Å²) < 4.78 is 0. The molecule has 10 atom stereocenters. The maximum absolute atomic E-state index is 14.3. The number of carbonyl (C=O) groups excluding carboxylic acids is 9. The fourth-order valence-electron chi connectivity index (χ4n) is 7.22. The lowest BCUT2D eigenvalue weighted by Crippen LogP contribution is -2.61. The molecule has 2 unspecified atom stereocenters. The highest BCUT2D eigenvalue weighted by Crippen LogP contribution is 2.13. The zero-order chi connectivity index (χ0) is 53.2. The quantitative estimate of drug-likeness (QED) is 0.0329. The number of nitrogens with one attached hydrogen (secondary N) is 8. The van der Waals surface area contributed by atoms with Crippen LogP contribution in [0, 0.1) is 23.7 Å². The third kappa shape index (κ3) is 21.9. The van der Waals surface area contributed by atoms with Gasteiger partial charge in [-0.1, -0.05) is 92.1 Å². The molecule has 9 amide bonds. The van der Waals surface area contributed by atoms with Crippen molar-refractivity contribution in [1.82, 2.24) is 42.5 Å². The van der Waals surface area contributed by atoms with Gasteiger partial charge in [0.25, 0.3) is 0 Å². The van der Waals surface area contributed by atoms with E-state index in [9.17, 15) is 48.3 Å². The molecule has 1 rings (SSSR count). The van der Waals surface area contributed by atoms with Gasteiger partial charge in [0.1, 0.15) is 48.3 Å². The van der Waals surface area contributed by atoms with E-state index in [1.165, 1.54) is 0 Å². The Morgan fingerprint density at radius 2 is 0.886 bits per heavy atom. The van der Waals surface area contributed by atoms with Crippen molar-refractivity contribution in [3.8, 4) is 0 Å². The summed E-state index contributed by atoms with van der Waals surface area (Å²) in [6.45, 7) is 13.4. The zero-order valence-electron chi connectivity index (χ0n) is 42.2. The number of benzene rings is 1. The highest BCUT2D eigenvalue weighted by atomic mass is 16.3. The lowest BCUT2D eigenvalue weighted by molar-refractivity contribution is -0.136. The number of hydrogen-bond acceptors (Lipinski definition) is 14. The Bertz CT molecular complexity index is 1850. The Morgan fingerprint density at radius 3 is 1.33 bits per heavy atom. The Hall–Kier alpha value is -5.75. The predicted octanol–water partition coefficient (Wildman–Crippen LogP) is -3.25. The van der Waals surface area contributed by atoms with Crippen molar-refractivity contribution in [3.63, 3.8) is 0 Å². The first-order valence-electron chi connectivity index (χ1n) is 24.2. The van der Waals surface area contributed by atoms with E-state index in [4.69, 9.17) is 28.7 Å². The average molecular weight is 990 g/mol.